The van der Waals surface area contributed by atoms with Gasteiger partial charge >= 0.3 is 11.9 Å². The molecule has 0 amide bonds. The lowest BCUT2D eigenvalue weighted by Crippen LogP contribution is -2.26. The van der Waals surface area contributed by atoms with Crippen molar-refractivity contribution in [1.29, 1.82) is 0 Å². The van der Waals surface area contributed by atoms with E-state index in [4.69, 9.17) is 9.47 Å². The van der Waals surface area contributed by atoms with Gasteiger partial charge in [0, 0.05) is 17.5 Å². The Bertz CT molecular complexity index is 911. The van der Waals surface area contributed by atoms with Gasteiger partial charge in [-0.05, 0) is 24.3 Å². The van der Waals surface area contributed by atoms with E-state index in [9.17, 15) is 9.59 Å². The molecule has 7 heteroatoms. The van der Waals surface area contributed by atoms with Gasteiger partial charge in [-0.25, -0.2) is 14.6 Å². The second-order valence-electron chi connectivity index (χ2n) is 5.33. The summed E-state index contributed by atoms with van der Waals surface area (Å²) in [5.74, 6) is -1.27. The lowest BCUT2D eigenvalue weighted by molar-refractivity contribution is -0.139. The first-order valence-corrected chi connectivity index (χ1v) is 7.79. The number of methoxy groups -OCH3 is 2. The lowest BCUT2D eigenvalue weighted by atomic mass is 10.1. The minimum absolute atomic E-state index is 0.0751. The lowest BCUT2D eigenvalue weighted by Gasteiger charge is -2.23. The number of allylic oxidation sites excluding steroid dienone is 2. The van der Waals surface area contributed by atoms with Gasteiger partial charge in [-0.1, -0.05) is 18.2 Å². The number of anilines is 1. The van der Waals surface area contributed by atoms with Gasteiger partial charge in [-0.3, -0.25) is 0 Å². The van der Waals surface area contributed by atoms with Crippen LogP contribution >= 0.6 is 0 Å². The molecule has 1 aromatic carbocycles. The summed E-state index contributed by atoms with van der Waals surface area (Å²) in [5.41, 5.74) is 2.58. The summed E-state index contributed by atoms with van der Waals surface area (Å²) in [6.45, 7) is 0. The quantitative estimate of drug-likeness (QED) is 0.852. The third kappa shape index (κ3) is 3.27. The standard InChI is InChI=1S/C19H17N3O4/c1-25-18(23)15-8-3-4-9-22(17(15)19(24)26-2)14-7-5-6-13(10-14)16-11-20-12-21-16/h3-12H,1-2H3,(H,20,21). The van der Waals surface area contributed by atoms with Crippen molar-refractivity contribution < 1.29 is 19.1 Å². The van der Waals surface area contributed by atoms with E-state index < -0.39 is 11.9 Å². The van der Waals surface area contributed by atoms with Gasteiger partial charge in [-0.2, -0.15) is 0 Å². The van der Waals surface area contributed by atoms with Crippen LogP contribution in [0.2, 0.25) is 0 Å². The number of H-pyrrole nitrogens is 1. The number of esters is 2. The zero-order valence-corrected chi connectivity index (χ0v) is 14.3. The molecule has 26 heavy (non-hydrogen) atoms. The molecule has 0 saturated carbocycles. The van der Waals surface area contributed by atoms with E-state index in [0.29, 0.717) is 5.69 Å². The van der Waals surface area contributed by atoms with Crippen LogP contribution in [0.4, 0.5) is 5.69 Å². The van der Waals surface area contributed by atoms with Crippen LogP contribution in [-0.4, -0.2) is 36.1 Å². The van der Waals surface area contributed by atoms with Crippen molar-refractivity contribution in [1.82, 2.24) is 9.97 Å². The van der Waals surface area contributed by atoms with E-state index in [1.807, 2.05) is 24.3 Å². The van der Waals surface area contributed by atoms with Crippen LogP contribution in [0.3, 0.4) is 0 Å². The molecule has 0 saturated heterocycles. The Morgan fingerprint density at radius 1 is 1.12 bits per heavy atom. The van der Waals surface area contributed by atoms with Gasteiger partial charge in [0.1, 0.15) is 5.70 Å². The maximum Gasteiger partial charge on any atom is 0.355 e. The molecule has 2 heterocycles. The summed E-state index contributed by atoms with van der Waals surface area (Å²) in [7, 11) is 2.53. The number of aromatic nitrogens is 2. The largest absolute Gasteiger partial charge is 0.465 e. The Hall–Kier alpha value is -3.61. The summed E-state index contributed by atoms with van der Waals surface area (Å²) < 4.78 is 9.71. The van der Waals surface area contributed by atoms with E-state index >= 15 is 0 Å². The molecule has 0 unspecified atom stereocenters. The van der Waals surface area contributed by atoms with Crippen molar-refractivity contribution >= 4 is 17.6 Å². The fraction of sp³-hybridized carbons (Fsp3) is 0.105. The van der Waals surface area contributed by atoms with Gasteiger partial charge in [0.15, 0.2) is 0 Å². The molecule has 2 aromatic rings. The number of hydrogen-bond acceptors (Lipinski definition) is 6. The number of imidazole rings is 1. The number of carbonyl (C=O) groups is 2. The average Bonchev–Trinajstić information content (AvgIpc) is 3.13. The number of rotatable bonds is 4. The van der Waals surface area contributed by atoms with Crippen molar-refractivity contribution in [2.24, 2.45) is 0 Å². The molecule has 1 N–H and O–H groups in total. The van der Waals surface area contributed by atoms with Crippen molar-refractivity contribution in [3.05, 3.63) is 72.5 Å². The fourth-order valence-corrected chi connectivity index (χ4v) is 2.60. The molecular weight excluding hydrogens is 334 g/mol. The highest BCUT2D eigenvalue weighted by Gasteiger charge is 2.27. The minimum Gasteiger partial charge on any atom is -0.465 e. The van der Waals surface area contributed by atoms with E-state index in [1.165, 1.54) is 20.3 Å². The van der Waals surface area contributed by atoms with E-state index in [2.05, 4.69) is 9.97 Å². The zero-order chi connectivity index (χ0) is 18.5. The Labute approximate surface area is 150 Å². The molecule has 3 rings (SSSR count). The van der Waals surface area contributed by atoms with Crippen molar-refractivity contribution in [3.63, 3.8) is 0 Å². The predicted octanol–water partition coefficient (Wildman–Crippen LogP) is 2.57. The van der Waals surface area contributed by atoms with Crippen LogP contribution in [0, 0.1) is 0 Å². The van der Waals surface area contributed by atoms with E-state index in [1.54, 1.807) is 35.8 Å². The molecule has 1 aliphatic heterocycles. The maximum absolute atomic E-state index is 12.4. The number of nitrogens with zero attached hydrogens (tertiary/aromatic N) is 2. The number of nitrogens with one attached hydrogen (secondary N) is 1. The molecule has 0 aliphatic carbocycles. The average molecular weight is 351 g/mol. The second-order valence-corrected chi connectivity index (χ2v) is 5.33. The summed E-state index contributed by atoms with van der Waals surface area (Å²) >= 11 is 0. The SMILES string of the molecule is COC(=O)C1=C(C(=O)OC)N(c2cccc(-c3cnc[nH]3)c2)C=CC=C1. The number of carbonyl (C=O) groups excluding carboxylic acids is 2. The first kappa shape index (κ1) is 17.2. The van der Waals surface area contributed by atoms with Gasteiger partial charge < -0.3 is 19.4 Å². The van der Waals surface area contributed by atoms with Crippen LogP contribution in [0.1, 0.15) is 0 Å². The summed E-state index contributed by atoms with van der Waals surface area (Å²) in [6, 6.07) is 7.47. The maximum atomic E-state index is 12.4. The zero-order valence-electron chi connectivity index (χ0n) is 14.3. The number of hydrogen-bond donors (Lipinski definition) is 1. The Morgan fingerprint density at radius 2 is 1.92 bits per heavy atom. The van der Waals surface area contributed by atoms with Crippen LogP contribution in [-0.2, 0) is 19.1 Å². The number of ether oxygens (including phenoxy) is 2. The Morgan fingerprint density at radius 3 is 2.62 bits per heavy atom. The number of aromatic amines is 1. The fourth-order valence-electron chi connectivity index (χ4n) is 2.60. The Kier molecular flexibility index (Phi) is 4.98. The van der Waals surface area contributed by atoms with Gasteiger partial charge in [0.05, 0.1) is 38.0 Å². The smallest absolute Gasteiger partial charge is 0.355 e. The van der Waals surface area contributed by atoms with Crippen molar-refractivity contribution in [2.45, 2.75) is 0 Å². The third-order valence-corrected chi connectivity index (χ3v) is 3.82. The highest BCUT2D eigenvalue weighted by molar-refractivity contribution is 6.05. The monoisotopic (exact) mass is 351 g/mol. The first-order valence-electron chi connectivity index (χ1n) is 7.79. The van der Waals surface area contributed by atoms with E-state index in [-0.39, 0.29) is 11.3 Å². The van der Waals surface area contributed by atoms with Crippen molar-refractivity contribution in [2.75, 3.05) is 19.1 Å². The third-order valence-electron chi connectivity index (χ3n) is 3.82. The highest BCUT2D eigenvalue weighted by Crippen LogP contribution is 2.29. The van der Waals surface area contributed by atoms with Crippen LogP contribution in [0.25, 0.3) is 11.3 Å². The van der Waals surface area contributed by atoms with E-state index in [0.717, 1.165) is 11.3 Å². The molecule has 7 nitrogen and oxygen atoms in total. The highest BCUT2D eigenvalue weighted by atomic mass is 16.5. The number of benzene rings is 1. The molecule has 1 aromatic heterocycles. The molecule has 0 atom stereocenters. The normalized spacial score (nSPS) is 13.5. The first-order chi connectivity index (χ1) is 12.7. The predicted molar refractivity (Wildman–Crippen MR) is 95.8 cm³/mol. The molecule has 0 spiro atoms. The van der Waals surface area contributed by atoms with Gasteiger partial charge in [0.25, 0.3) is 0 Å². The topological polar surface area (TPSA) is 84.5 Å². The molecule has 0 bridgehead atoms. The molecule has 1 aliphatic rings. The molecule has 132 valence electrons. The van der Waals surface area contributed by atoms with Crippen LogP contribution in [0.5, 0.6) is 0 Å². The van der Waals surface area contributed by atoms with Crippen LogP contribution in [0.15, 0.2) is 72.5 Å². The van der Waals surface area contributed by atoms with Crippen LogP contribution < -0.4 is 4.90 Å². The van der Waals surface area contributed by atoms with Crippen molar-refractivity contribution in [3.8, 4) is 11.3 Å². The van der Waals surface area contributed by atoms with Gasteiger partial charge in [0.2, 0.25) is 0 Å². The second kappa shape index (κ2) is 7.52. The van der Waals surface area contributed by atoms with Gasteiger partial charge in [-0.15, -0.1) is 0 Å². The Balaban J connectivity index is 2.14. The summed E-state index contributed by atoms with van der Waals surface area (Å²) in [5, 5.41) is 0. The minimum atomic E-state index is -0.645. The summed E-state index contributed by atoms with van der Waals surface area (Å²) in [6.07, 6.45) is 9.89. The molecule has 0 fully saturated rings. The summed E-state index contributed by atoms with van der Waals surface area (Å²) in [4.78, 5) is 33.3. The molecule has 0 radical (unpaired) electrons. The molecular formula is C19H17N3O4.